The van der Waals surface area contributed by atoms with E-state index in [-0.39, 0.29) is 38.1 Å². The smallest absolute Gasteiger partial charge is 0.309 e. The number of rotatable bonds is 12. The zero-order valence-corrected chi connectivity index (χ0v) is 26.8. The van der Waals surface area contributed by atoms with Crippen molar-refractivity contribution in [2.45, 2.75) is 24.0 Å². The molecule has 0 radical (unpaired) electrons. The molecule has 0 spiro atoms. The minimum atomic E-state index is -4.16. The Morgan fingerprint density at radius 2 is 1.42 bits per heavy atom. The highest BCUT2D eigenvalue weighted by Gasteiger charge is 2.36. The summed E-state index contributed by atoms with van der Waals surface area (Å²) in [5.41, 5.74) is 2.08. The summed E-state index contributed by atoms with van der Waals surface area (Å²) in [5.74, 6) is -0.0988. The van der Waals surface area contributed by atoms with E-state index in [1.54, 1.807) is 60.7 Å². The van der Waals surface area contributed by atoms with Gasteiger partial charge in [-0.05, 0) is 77.4 Å². The van der Waals surface area contributed by atoms with E-state index in [9.17, 15) is 18.3 Å². The largest absolute Gasteiger partial charge is 0.481 e. The van der Waals surface area contributed by atoms with Crippen molar-refractivity contribution in [2.75, 3.05) is 20.1 Å². The van der Waals surface area contributed by atoms with Crippen molar-refractivity contribution in [3.05, 3.63) is 111 Å². The first kappa shape index (κ1) is 31.2. The molecule has 2 aliphatic heterocycles. The summed E-state index contributed by atoms with van der Waals surface area (Å²) in [6.45, 7) is 0.0264. The van der Waals surface area contributed by atoms with Crippen LogP contribution in [0.25, 0.3) is 0 Å². The summed E-state index contributed by atoms with van der Waals surface area (Å²) in [5, 5.41) is 14.5. The van der Waals surface area contributed by atoms with E-state index in [0.717, 1.165) is 5.56 Å². The Hall–Kier alpha value is -3.81. The van der Waals surface area contributed by atoms with E-state index in [2.05, 4.69) is 21.2 Å². The molecule has 4 aromatic carbocycles. The highest BCUT2D eigenvalue weighted by Crippen LogP contribution is 2.35. The molecule has 4 aromatic rings. The number of carbonyl (C=O) groups is 1. The van der Waals surface area contributed by atoms with Crippen LogP contribution < -0.4 is 24.3 Å². The van der Waals surface area contributed by atoms with Crippen molar-refractivity contribution in [3.63, 3.8) is 0 Å². The number of nitrogens with one attached hydrogen (secondary N) is 1. The molecule has 2 N–H and O–H groups in total. The van der Waals surface area contributed by atoms with Gasteiger partial charge < -0.3 is 29.4 Å². The maximum Gasteiger partial charge on any atom is 0.309 e. The maximum atomic E-state index is 14.1. The van der Waals surface area contributed by atoms with Gasteiger partial charge in [-0.2, -0.15) is 4.31 Å². The second-order valence-electron chi connectivity index (χ2n) is 10.5. The first-order valence-electron chi connectivity index (χ1n) is 13.9. The Bertz CT molecular complexity index is 1810. The summed E-state index contributed by atoms with van der Waals surface area (Å²) >= 11 is 9.52. The molecule has 0 saturated carbocycles. The van der Waals surface area contributed by atoms with Crippen LogP contribution in [-0.2, 0) is 27.9 Å². The second-order valence-corrected chi connectivity index (χ2v) is 13.8. The van der Waals surface area contributed by atoms with Gasteiger partial charge in [-0.25, -0.2) is 8.42 Å². The van der Waals surface area contributed by atoms with Gasteiger partial charge in [-0.3, -0.25) is 4.79 Å². The number of aliphatic carboxylic acids is 1. The minimum absolute atomic E-state index is 0.0342. The van der Waals surface area contributed by atoms with Gasteiger partial charge in [-0.1, -0.05) is 51.8 Å². The second kappa shape index (κ2) is 13.3. The summed E-state index contributed by atoms with van der Waals surface area (Å²) in [6.07, 6.45) is 0. The molecule has 0 fully saturated rings. The average Bonchev–Trinajstić information content (AvgIpc) is 3.70. The molecule has 0 amide bonds. The van der Waals surface area contributed by atoms with Gasteiger partial charge in [0.15, 0.2) is 23.0 Å². The Morgan fingerprint density at radius 1 is 0.844 bits per heavy atom. The third-order valence-corrected chi connectivity index (χ3v) is 10.2. The molecule has 2 unspecified atom stereocenters. The van der Waals surface area contributed by atoms with E-state index in [1.165, 1.54) is 16.4 Å². The summed E-state index contributed by atoms with van der Waals surface area (Å²) in [4.78, 5) is 13.1. The normalized spacial score (nSPS) is 14.8. The molecule has 2 heterocycles. The van der Waals surface area contributed by atoms with Crippen molar-refractivity contribution >= 4 is 43.5 Å². The van der Waals surface area contributed by atoms with Crippen LogP contribution in [0.5, 0.6) is 23.0 Å². The number of hydrogen-bond acceptors (Lipinski definition) is 8. The van der Waals surface area contributed by atoms with Crippen LogP contribution in [-0.4, -0.2) is 43.9 Å². The predicted molar refractivity (Wildman–Crippen MR) is 169 cm³/mol. The van der Waals surface area contributed by atoms with Crippen molar-refractivity contribution in [2.24, 2.45) is 5.92 Å². The number of carboxylic acids is 1. The lowest BCUT2D eigenvalue weighted by atomic mass is 9.92. The molecule has 0 saturated heterocycles. The van der Waals surface area contributed by atoms with Gasteiger partial charge in [0.25, 0.3) is 0 Å². The van der Waals surface area contributed by atoms with Crippen molar-refractivity contribution in [1.82, 2.24) is 9.62 Å². The molecule has 2 aliphatic rings. The molecule has 13 heteroatoms. The molecule has 0 bridgehead atoms. The monoisotopic (exact) mass is 714 g/mol. The number of benzene rings is 4. The van der Waals surface area contributed by atoms with Crippen LogP contribution in [0, 0.1) is 5.92 Å². The first-order chi connectivity index (χ1) is 21.7. The Morgan fingerprint density at radius 3 is 2.04 bits per heavy atom. The molecular formula is C32H28BrClN2O8S. The lowest BCUT2D eigenvalue weighted by Gasteiger charge is -2.31. The zero-order valence-electron chi connectivity index (χ0n) is 23.7. The van der Waals surface area contributed by atoms with Gasteiger partial charge in [0.1, 0.15) is 0 Å². The van der Waals surface area contributed by atoms with Crippen LogP contribution in [0.4, 0.5) is 0 Å². The molecule has 45 heavy (non-hydrogen) atoms. The molecule has 2 atom stereocenters. The zero-order chi connectivity index (χ0) is 31.6. The minimum Gasteiger partial charge on any atom is -0.481 e. The fourth-order valence-electron chi connectivity index (χ4n) is 5.23. The van der Waals surface area contributed by atoms with Crippen LogP contribution in [0.3, 0.4) is 0 Å². The molecular weight excluding hydrogens is 688 g/mol. The number of fused-ring (bicyclic) bond motifs is 2. The van der Waals surface area contributed by atoms with Crippen LogP contribution in [0.15, 0.2) is 94.3 Å². The van der Waals surface area contributed by atoms with Gasteiger partial charge in [-0.15, -0.1) is 0 Å². The number of sulfonamides is 1. The lowest BCUT2D eigenvalue weighted by molar-refractivity contribution is -0.143. The van der Waals surface area contributed by atoms with Gasteiger partial charge >= 0.3 is 5.97 Å². The van der Waals surface area contributed by atoms with E-state index in [0.29, 0.717) is 43.6 Å². The standard InChI is InChI=1S/C32H28BrClN2O8S/c33-23-5-9-25(10-6-23)45(39,40)36(16-21-2-12-28-30(14-21)44-19-42-28)17-26(32(37)38)31(22-3-7-24(34)8-4-22)35-15-20-1-11-27-29(13-20)43-18-41-27/h1-14,26,31,35H,15-19H2,(H,37,38). The Kier molecular flexibility index (Phi) is 9.20. The van der Waals surface area contributed by atoms with Crippen LogP contribution in [0.2, 0.25) is 5.02 Å². The third-order valence-electron chi connectivity index (χ3n) is 7.56. The average molecular weight is 716 g/mol. The molecule has 6 rings (SSSR count). The summed E-state index contributed by atoms with van der Waals surface area (Å²) in [7, 11) is -4.16. The Labute approximate surface area is 273 Å². The number of ether oxygens (including phenoxy) is 4. The predicted octanol–water partition coefficient (Wildman–Crippen LogP) is 5.98. The van der Waals surface area contributed by atoms with Crippen LogP contribution >= 0.6 is 27.5 Å². The van der Waals surface area contributed by atoms with E-state index >= 15 is 0 Å². The highest BCUT2D eigenvalue weighted by molar-refractivity contribution is 9.10. The third kappa shape index (κ3) is 7.05. The lowest BCUT2D eigenvalue weighted by Crippen LogP contribution is -2.43. The summed E-state index contributed by atoms with van der Waals surface area (Å²) < 4.78 is 52.0. The van der Waals surface area contributed by atoms with Crippen molar-refractivity contribution in [1.29, 1.82) is 0 Å². The van der Waals surface area contributed by atoms with Gasteiger partial charge in [0, 0.05) is 35.2 Å². The SMILES string of the molecule is O=C(O)C(CN(Cc1ccc2c(c1)OCO2)S(=O)(=O)c1ccc(Br)cc1)C(NCc1ccc2c(c1)OCO2)c1ccc(Cl)cc1. The number of nitrogens with zero attached hydrogens (tertiary/aromatic N) is 1. The molecule has 0 aliphatic carbocycles. The number of carboxylic acid groups (broad SMARTS) is 1. The Balaban J connectivity index is 1.35. The van der Waals surface area contributed by atoms with E-state index in [1.807, 2.05) is 12.1 Å². The molecule has 0 aromatic heterocycles. The first-order valence-corrected chi connectivity index (χ1v) is 16.5. The van der Waals surface area contributed by atoms with Crippen LogP contribution in [0.1, 0.15) is 22.7 Å². The number of halogens is 2. The van der Waals surface area contributed by atoms with E-state index < -0.39 is 28.0 Å². The molecule has 234 valence electrons. The fourth-order valence-corrected chi connectivity index (χ4v) is 7.08. The van der Waals surface area contributed by atoms with Gasteiger partial charge in [0.2, 0.25) is 23.6 Å². The fraction of sp³-hybridized carbons (Fsp3) is 0.219. The van der Waals surface area contributed by atoms with Crippen molar-refractivity contribution in [3.8, 4) is 23.0 Å². The molecule has 10 nitrogen and oxygen atoms in total. The quantitative estimate of drug-likeness (QED) is 0.182. The summed E-state index contributed by atoms with van der Waals surface area (Å²) in [6, 6.07) is 22.9. The van der Waals surface area contributed by atoms with Crippen molar-refractivity contribution < 1.29 is 37.3 Å². The number of hydrogen-bond donors (Lipinski definition) is 2. The topological polar surface area (TPSA) is 124 Å². The van der Waals surface area contributed by atoms with E-state index in [4.69, 9.17) is 30.5 Å². The highest BCUT2D eigenvalue weighted by atomic mass is 79.9. The maximum absolute atomic E-state index is 14.1. The van der Waals surface area contributed by atoms with Gasteiger partial charge in [0.05, 0.1) is 10.8 Å².